The van der Waals surface area contributed by atoms with Gasteiger partial charge in [0.05, 0.1) is 0 Å². The predicted molar refractivity (Wildman–Crippen MR) is 92.2 cm³/mol. The highest BCUT2D eigenvalue weighted by Gasteiger charge is 2.21. The molecule has 3 rings (SSSR count). The Balaban J connectivity index is 0.00000192. The summed E-state index contributed by atoms with van der Waals surface area (Å²) in [6.45, 7) is 0.956. The van der Waals surface area contributed by atoms with Gasteiger partial charge in [-0.25, -0.2) is 4.39 Å². The molecule has 1 aliphatic heterocycles. The monoisotopic (exact) mass is 368 g/mol. The van der Waals surface area contributed by atoms with Gasteiger partial charge in [-0.2, -0.15) is 0 Å². The Bertz CT molecular complexity index is 690. The second kappa shape index (κ2) is 7.71. The average Bonchev–Trinajstić information content (AvgIpc) is 2.47. The van der Waals surface area contributed by atoms with Crippen LogP contribution in [0, 0.1) is 5.82 Å². The van der Waals surface area contributed by atoms with E-state index < -0.39 is 0 Å². The molecule has 0 atom stereocenters. The van der Waals surface area contributed by atoms with E-state index in [1.54, 1.807) is 17.8 Å². The molecule has 0 radical (unpaired) electrons. The first kappa shape index (κ1) is 18.3. The summed E-state index contributed by atoms with van der Waals surface area (Å²) in [5.74, 6) is -0.205. The van der Waals surface area contributed by atoms with E-state index in [4.69, 9.17) is 11.6 Å². The molecular weight excluding hydrogens is 352 g/mol. The third-order valence-electron chi connectivity index (χ3n) is 3.61. The maximum Gasteiger partial charge on any atom is 0.123 e. The quantitative estimate of drug-likeness (QED) is 0.697. The van der Waals surface area contributed by atoms with Crippen molar-refractivity contribution in [3.63, 3.8) is 0 Å². The minimum atomic E-state index is -0.205. The standard InChI is InChI=1S/C18H17ClFNS.ClH/c1-21(2)9-3-4-14-15-10-12(19)5-7-17(15)22-18-8-6-13(20)11-16(14)18;/h4-8,10-11H,3,9H2,1-2H3;1H/p-1/b14-4+;. The Hall–Kier alpha value is -1.000. The van der Waals surface area contributed by atoms with Crippen molar-refractivity contribution in [2.45, 2.75) is 16.2 Å². The Labute approximate surface area is 151 Å². The van der Waals surface area contributed by atoms with Crippen LogP contribution in [0.3, 0.4) is 0 Å². The Morgan fingerprint density at radius 2 is 1.74 bits per heavy atom. The molecule has 0 amide bonds. The third kappa shape index (κ3) is 4.10. The van der Waals surface area contributed by atoms with Gasteiger partial charge < -0.3 is 17.3 Å². The molecule has 1 aliphatic rings. The summed E-state index contributed by atoms with van der Waals surface area (Å²) < 4.78 is 13.7. The lowest BCUT2D eigenvalue weighted by molar-refractivity contribution is -0.00000495. The number of benzene rings is 2. The first-order valence-corrected chi connectivity index (χ1v) is 8.36. The van der Waals surface area contributed by atoms with E-state index >= 15 is 0 Å². The molecule has 0 spiro atoms. The molecule has 0 fully saturated rings. The second-order valence-corrected chi connectivity index (χ2v) is 7.11. The molecule has 0 N–H and O–H groups in total. The SMILES string of the molecule is CN(C)CC/C=C1/c2cc(F)ccc2Sc2ccc(Cl)cc21.[Cl-]. The van der Waals surface area contributed by atoms with Crippen LogP contribution in [0.25, 0.3) is 5.57 Å². The van der Waals surface area contributed by atoms with Crippen LogP contribution in [0.4, 0.5) is 4.39 Å². The number of fused-ring (bicyclic) bond motifs is 2. The van der Waals surface area contributed by atoms with Gasteiger partial charge in [0.1, 0.15) is 5.82 Å². The Morgan fingerprint density at radius 3 is 2.43 bits per heavy atom. The fourth-order valence-electron chi connectivity index (χ4n) is 2.55. The molecule has 1 nitrogen and oxygen atoms in total. The van der Waals surface area contributed by atoms with Crippen LogP contribution in [0.1, 0.15) is 17.5 Å². The first-order valence-electron chi connectivity index (χ1n) is 7.17. The smallest absolute Gasteiger partial charge is 0.123 e. The summed E-state index contributed by atoms with van der Waals surface area (Å²) in [6, 6.07) is 10.9. The normalized spacial score (nSPS) is 14.4. The van der Waals surface area contributed by atoms with Gasteiger partial charge in [-0.15, -0.1) is 0 Å². The Kier molecular flexibility index (Phi) is 6.15. The van der Waals surface area contributed by atoms with Gasteiger partial charge in [0.15, 0.2) is 0 Å². The van der Waals surface area contributed by atoms with Crippen LogP contribution in [0.15, 0.2) is 52.3 Å². The average molecular weight is 369 g/mol. The number of halogens is 3. The molecule has 0 unspecified atom stereocenters. The highest BCUT2D eigenvalue weighted by Crippen LogP contribution is 2.46. The van der Waals surface area contributed by atoms with Gasteiger partial charge in [0, 0.05) is 21.4 Å². The zero-order valence-electron chi connectivity index (χ0n) is 12.9. The van der Waals surface area contributed by atoms with Crippen molar-refractivity contribution in [2.24, 2.45) is 0 Å². The largest absolute Gasteiger partial charge is 1.00 e. The van der Waals surface area contributed by atoms with E-state index in [-0.39, 0.29) is 18.2 Å². The number of nitrogens with zero attached hydrogens (tertiary/aromatic N) is 1. The van der Waals surface area contributed by atoms with Crippen LogP contribution < -0.4 is 12.4 Å². The van der Waals surface area contributed by atoms with Crippen molar-refractivity contribution in [2.75, 3.05) is 20.6 Å². The van der Waals surface area contributed by atoms with E-state index in [2.05, 4.69) is 11.0 Å². The highest BCUT2D eigenvalue weighted by molar-refractivity contribution is 7.99. The molecule has 0 saturated carbocycles. The van der Waals surface area contributed by atoms with Crippen molar-refractivity contribution in [1.82, 2.24) is 4.90 Å². The maximum absolute atomic E-state index is 13.7. The lowest BCUT2D eigenvalue weighted by Crippen LogP contribution is -3.00. The van der Waals surface area contributed by atoms with E-state index in [1.165, 1.54) is 11.0 Å². The summed E-state index contributed by atoms with van der Waals surface area (Å²) in [7, 11) is 4.10. The minimum Gasteiger partial charge on any atom is -1.00 e. The molecule has 5 heteroatoms. The van der Waals surface area contributed by atoms with E-state index in [0.29, 0.717) is 5.02 Å². The number of hydrogen-bond donors (Lipinski definition) is 0. The summed E-state index contributed by atoms with van der Waals surface area (Å²) in [5, 5.41) is 0.706. The van der Waals surface area contributed by atoms with Gasteiger partial charge in [-0.05, 0) is 73.6 Å². The zero-order chi connectivity index (χ0) is 15.7. The summed E-state index contributed by atoms with van der Waals surface area (Å²) >= 11 is 7.83. The minimum absolute atomic E-state index is 0. The molecule has 2 aromatic rings. The van der Waals surface area contributed by atoms with E-state index in [1.807, 2.05) is 38.4 Å². The van der Waals surface area contributed by atoms with E-state index in [0.717, 1.165) is 34.6 Å². The van der Waals surface area contributed by atoms with Crippen molar-refractivity contribution in [1.29, 1.82) is 0 Å². The molecule has 23 heavy (non-hydrogen) atoms. The zero-order valence-corrected chi connectivity index (χ0v) is 15.3. The highest BCUT2D eigenvalue weighted by atomic mass is 35.5. The van der Waals surface area contributed by atoms with Crippen LogP contribution in [-0.4, -0.2) is 25.5 Å². The van der Waals surface area contributed by atoms with Gasteiger partial charge >= 0.3 is 0 Å². The van der Waals surface area contributed by atoms with Gasteiger partial charge in [-0.1, -0.05) is 29.4 Å². The number of hydrogen-bond acceptors (Lipinski definition) is 2. The molecule has 1 heterocycles. The molecule has 0 saturated heterocycles. The third-order valence-corrected chi connectivity index (χ3v) is 5.00. The van der Waals surface area contributed by atoms with Crippen LogP contribution in [-0.2, 0) is 0 Å². The van der Waals surface area contributed by atoms with Crippen LogP contribution in [0.2, 0.25) is 5.02 Å². The topological polar surface area (TPSA) is 3.24 Å². The molecule has 0 aromatic heterocycles. The Morgan fingerprint density at radius 1 is 1.09 bits per heavy atom. The maximum atomic E-state index is 13.7. The molecule has 0 bridgehead atoms. The summed E-state index contributed by atoms with van der Waals surface area (Å²) in [6.07, 6.45) is 3.10. The fourth-order valence-corrected chi connectivity index (χ4v) is 3.79. The van der Waals surface area contributed by atoms with Crippen molar-refractivity contribution < 1.29 is 16.8 Å². The van der Waals surface area contributed by atoms with Crippen molar-refractivity contribution in [3.05, 3.63) is 64.4 Å². The first-order chi connectivity index (χ1) is 10.5. The fraction of sp³-hybridized carbons (Fsp3) is 0.222. The lowest BCUT2D eigenvalue weighted by atomic mass is 9.96. The lowest BCUT2D eigenvalue weighted by Gasteiger charge is -2.22. The van der Waals surface area contributed by atoms with Crippen LogP contribution in [0.5, 0.6) is 0 Å². The van der Waals surface area contributed by atoms with Crippen molar-refractivity contribution >= 4 is 28.9 Å². The van der Waals surface area contributed by atoms with Gasteiger partial charge in [0.2, 0.25) is 0 Å². The summed E-state index contributed by atoms with van der Waals surface area (Å²) in [5.41, 5.74) is 3.13. The molecular formula is C18H17Cl2FNS-. The van der Waals surface area contributed by atoms with Gasteiger partial charge in [0.25, 0.3) is 0 Å². The van der Waals surface area contributed by atoms with Gasteiger partial charge in [-0.3, -0.25) is 0 Å². The van der Waals surface area contributed by atoms with E-state index in [9.17, 15) is 4.39 Å². The molecule has 0 aliphatic carbocycles. The molecule has 2 aromatic carbocycles. The summed E-state index contributed by atoms with van der Waals surface area (Å²) in [4.78, 5) is 4.40. The van der Waals surface area contributed by atoms with Crippen molar-refractivity contribution in [3.8, 4) is 0 Å². The van der Waals surface area contributed by atoms with Crippen LogP contribution >= 0.6 is 23.4 Å². The second-order valence-electron chi connectivity index (χ2n) is 5.59. The predicted octanol–water partition coefficient (Wildman–Crippen LogP) is 2.33. The molecule has 122 valence electrons. The number of rotatable bonds is 3.